The fraction of sp³-hybridized carbons (Fsp3) is 0.227. The molecule has 8 heteroatoms. The van der Waals surface area contributed by atoms with Crippen LogP contribution in [0, 0.1) is 3.57 Å². The van der Waals surface area contributed by atoms with Crippen LogP contribution in [0.2, 0.25) is 0 Å². The van der Waals surface area contributed by atoms with E-state index in [2.05, 4.69) is 64.6 Å². The predicted octanol–water partition coefficient (Wildman–Crippen LogP) is 5.30. The largest absolute Gasteiger partial charge is 0.507 e. The standard InChI is InChI=1S/C22H23IN4O2S/c1-4-11-27-21(16-7-5-6-8-19(16)28)25-26-22(27)30-13-20(29)24-18-10-9-15(23)12-17(18)14(2)3/h4-10,12,14,28H,1,11,13H2,2-3H3,(H,24,29). The number of nitrogens with zero attached hydrogens (tertiary/aromatic N) is 3. The molecule has 2 aromatic carbocycles. The summed E-state index contributed by atoms with van der Waals surface area (Å²) in [4.78, 5) is 12.6. The molecule has 0 aliphatic heterocycles. The molecule has 156 valence electrons. The highest BCUT2D eigenvalue weighted by atomic mass is 127. The molecule has 1 aromatic heterocycles. The highest BCUT2D eigenvalue weighted by Crippen LogP contribution is 2.30. The number of carbonyl (C=O) groups is 1. The number of phenols is 1. The first-order chi connectivity index (χ1) is 14.4. The summed E-state index contributed by atoms with van der Waals surface area (Å²) in [5.41, 5.74) is 2.53. The third-order valence-electron chi connectivity index (χ3n) is 4.42. The van der Waals surface area contributed by atoms with Gasteiger partial charge in [0.2, 0.25) is 5.91 Å². The summed E-state index contributed by atoms with van der Waals surface area (Å²) >= 11 is 3.57. The van der Waals surface area contributed by atoms with Gasteiger partial charge in [-0.25, -0.2) is 0 Å². The number of nitrogens with one attached hydrogen (secondary N) is 1. The van der Waals surface area contributed by atoms with Gasteiger partial charge in [-0.15, -0.1) is 16.8 Å². The van der Waals surface area contributed by atoms with Crippen LogP contribution in [-0.4, -0.2) is 31.5 Å². The van der Waals surface area contributed by atoms with Crippen molar-refractivity contribution in [1.29, 1.82) is 0 Å². The smallest absolute Gasteiger partial charge is 0.234 e. The van der Waals surface area contributed by atoms with Crippen LogP contribution in [0.4, 0.5) is 5.69 Å². The van der Waals surface area contributed by atoms with Crippen molar-refractivity contribution in [2.75, 3.05) is 11.1 Å². The molecule has 0 aliphatic rings. The molecule has 0 aliphatic carbocycles. The van der Waals surface area contributed by atoms with Gasteiger partial charge < -0.3 is 10.4 Å². The number of phenolic OH excluding ortho intramolecular Hbond substituents is 1. The Morgan fingerprint density at radius 3 is 2.77 bits per heavy atom. The Morgan fingerprint density at radius 1 is 1.30 bits per heavy atom. The highest BCUT2D eigenvalue weighted by Gasteiger charge is 2.17. The lowest BCUT2D eigenvalue weighted by atomic mass is 10.0. The van der Waals surface area contributed by atoms with Crippen LogP contribution >= 0.6 is 34.4 Å². The number of allylic oxidation sites excluding steroid dienone is 1. The maximum Gasteiger partial charge on any atom is 0.234 e. The first kappa shape index (κ1) is 22.4. The maximum absolute atomic E-state index is 12.6. The lowest BCUT2D eigenvalue weighted by molar-refractivity contribution is -0.113. The van der Waals surface area contributed by atoms with Gasteiger partial charge in [-0.05, 0) is 64.4 Å². The van der Waals surface area contributed by atoms with Crippen LogP contribution in [0.1, 0.15) is 25.3 Å². The number of halogens is 1. The molecule has 2 N–H and O–H groups in total. The molecule has 0 saturated carbocycles. The van der Waals surface area contributed by atoms with E-state index < -0.39 is 0 Å². The quantitative estimate of drug-likeness (QED) is 0.233. The molecule has 1 heterocycles. The monoisotopic (exact) mass is 534 g/mol. The minimum absolute atomic E-state index is 0.111. The van der Waals surface area contributed by atoms with Gasteiger partial charge in [-0.2, -0.15) is 0 Å². The van der Waals surface area contributed by atoms with Gasteiger partial charge >= 0.3 is 0 Å². The van der Waals surface area contributed by atoms with Crippen LogP contribution in [0.25, 0.3) is 11.4 Å². The Labute approximate surface area is 193 Å². The summed E-state index contributed by atoms with van der Waals surface area (Å²) in [6, 6.07) is 13.0. The predicted molar refractivity (Wildman–Crippen MR) is 130 cm³/mol. The average Bonchev–Trinajstić information content (AvgIpc) is 3.10. The molecule has 0 unspecified atom stereocenters. The zero-order chi connectivity index (χ0) is 21.7. The molecular weight excluding hydrogens is 511 g/mol. The van der Waals surface area contributed by atoms with E-state index in [1.54, 1.807) is 24.3 Å². The van der Waals surface area contributed by atoms with Gasteiger partial charge in [-0.1, -0.05) is 43.8 Å². The van der Waals surface area contributed by atoms with Crippen molar-refractivity contribution in [2.45, 2.75) is 31.5 Å². The molecule has 30 heavy (non-hydrogen) atoms. The second kappa shape index (κ2) is 10.1. The fourth-order valence-corrected chi connectivity index (χ4v) is 4.26. The van der Waals surface area contributed by atoms with E-state index in [-0.39, 0.29) is 17.4 Å². The van der Waals surface area contributed by atoms with E-state index in [4.69, 9.17) is 0 Å². The van der Waals surface area contributed by atoms with Crippen molar-refractivity contribution in [3.63, 3.8) is 0 Å². The van der Waals surface area contributed by atoms with Crippen molar-refractivity contribution >= 4 is 45.9 Å². The van der Waals surface area contributed by atoms with E-state index in [1.165, 1.54) is 11.8 Å². The number of hydrogen-bond donors (Lipinski definition) is 2. The van der Waals surface area contributed by atoms with Gasteiger partial charge in [0, 0.05) is 15.8 Å². The summed E-state index contributed by atoms with van der Waals surface area (Å²) < 4.78 is 2.97. The molecular formula is C22H23IN4O2S. The van der Waals surface area contributed by atoms with Crippen LogP contribution in [0.3, 0.4) is 0 Å². The number of aromatic hydroxyl groups is 1. The maximum atomic E-state index is 12.6. The number of benzene rings is 2. The Kier molecular flexibility index (Phi) is 7.54. The minimum atomic E-state index is -0.111. The summed E-state index contributed by atoms with van der Waals surface area (Å²) in [5, 5.41) is 22.2. The van der Waals surface area contributed by atoms with E-state index in [1.807, 2.05) is 22.8 Å². The first-order valence-electron chi connectivity index (χ1n) is 9.45. The third-order valence-corrected chi connectivity index (χ3v) is 6.05. The van der Waals surface area contributed by atoms with Crippen molar-refractivity contribution in [2.24, 2.45) is 0 Å². The summed E-state index contributed by atoms with van der Waals surface area (Å²) in [7, 11) is 0. The molecule has 6 nitrogen and oxygen atoms in total. The second-order valence-corrected chi connectivity index (χ2v) is 9.13. The number of thioether (sulfide) groups is 1. The molecule has 0 radical (unpaired) electrons. The minimum Gasteiger partial charge on any atom is -0.507 e. The summed E-state index contributed by atoms with van der Waals surface area (Å²) in [6.45, 7) is 8.47. The van der Waals surface area contributed by atoms with E-state index in [0.717, 1.165) is 14.8 Å². The second-order valence-electron chi connectivity index (χ2n) is 6.95. The number of aromatic nitrogens is 3. The van der Waals surface area contributed by atoms with Crippen molar-refractivity contribution in [1.82, 2.24) is 14.8 Å². The Morgan fingerprint density at radius 2 is 2.07 bits per heavy atom. The SMILES string of the molecule is C=CCn1c(SCC(=O)Nc2ccc(I)cc2C(C)C)nnc1-c1ccccc1O. The molecule has 3 aromatic rings. The summed E-state index contributed by atoms with van der Waals surface area (Å²) in [5.74, 6) is 1.06. The zero-order valence-electron chi connectivity index (χ0n) is 16.8. The van der Waals surface area contributed by atoms with Gasteiger partial charge in [0.1, 0.15) is 5.75 Å². The average molecular weight is 534 g/mol. The van der Waals surface area contributed by atoms with Crippen LogP contribution in [-0.2, 0) is 11.3 Å². The van der Waals surface area contributed by atoms with Gasteiger partial charge in [0.05, 0.1) is 11.3 Å². The topological polar surface area (TPSA) is 80.0 Å². The fourth-order valence-electron chi connectivity index (χ4n) is 2.99. The Hall–Kier alpha value is -2.33. The number of anilines is 1. The lowest BCUT2D eigenvalue weighted by Crippen LogP contribution is -2.16. The molecule has 0 bridgehead atoms. The highest BCUT2D eigenvalue weighted by molar-refractivity contribution is 14.1. The molecule has 0 fully saturated rings. The normalized spacial score (nSPS) is 10.9. The van der Waals surface area contributed by atoms with E-state index >= 15 is 0 Å². The molecule has 1 amide bonds. The van der Waals surface area contributed by atoms with Crippen molar-refractivity contribution in [3.8, 4) is 17.1 Å². The number of rotatable bonds is 8. The van der Waals surface area contributed by atoms with E-state index in [0.29, 0.717) is 29.0 Å². The summed E-state index contributed by atoms with van der Waals surface area (Å²) in [6.07, 6.45) is 1.73. The molecule has 0 atom stereocenters. The molecule has 0 spiro atoms. The molecule has 3 rings (SSSR count). The first-order valence-corrected chi connectivity index (χ1v) is 11.5. The molecule has 0 saturated heterocycles. The number of para-hydroxylation sites is 1. The zero-order valence-corrected chi connectivity index (χ0v) is 19.8. The van der Waals surface area contributed by atoms with Crippen LogP contribution < -0.4 is 5.32 Å². The van der Waals surface area contributed by atoms with Crippen molar-refractivity contribution < 1.29 is 9.90 Å². The lowest BCUT2D eigenvalue weighted by Gasteiger charge is -2.14. The number of hydrogen-bond acceptors (Lipinski definition) is 5. The Bertz CT molecular complexity index is 1070. The van der Waals surface area contributed by atoms with Crippen LogP contribution in [0.15, 0.2) is 60.3 Å². The van der Waals surface area contributed by atoms with Gasteiger partial charge in [0.25, 0.3) is 0 Å². The number of carbonyl (C=O) groups excluding carboxylic acids is 1. The third kappa shape index (κ3) is 5.23. The van der Waals surface area contributed by atoms with Crippen LogP contribution in [0.5, 0.6) is 5.75 Å². The Balaban J connectivity index is 1.76. The number of amides is 1. The van der Waals surface area contributed by atoms with Crippen molar-refractivity contribution in [3.05, 3.63) is 64.3 Å². The van der Waals surface area contributed by atoms with E-state index in [9.17, 15) is 9.90 Å². The van der Waals surface area contributed by atoms with Gasteiger partial charge in [-0.3, -0.25) is 9.36 Å². The van der Waals surface area contributed by atoms with Gasteiger partial charge in [0.15, 0.2) is 11.0 Å².